The lowest BCUT2D eigenvalue weighted by atomic mass is 10.1. The fourth-order valence-corrected chi connectivity index (χ4v) is 3.60. The van der Waals surface area contributed by atoms with Crippen LogP contribution in [0.4, 0.5) is 15.8 Å². The lowest BCUT2D eigenvalue weighted by molar-refractivity contribution is -0.124. The predicted octanol–water partition coefficient (Wildman–Crippen LogP) is 3.06. The molecule has 1 aliphatic heterocycles. The standard InChI is InChI=1S/C26H20FN3O6/c1-15(31)29-18-7-9-19(10-8-18)30-24(33)20-11-6-16(12-21(20)25(30)34)26(35)36-14-23(32)28-13-17-4-2-3-5-22(17)27/h2-12H,13-14H2,1H3,(H,28,32)(H,29,31). The SMILES string of the molecule is CC(=O)Nc1ccc(N2C(=O)c3ccc(C(=O)OCC(=O)NCc4ccccc4F)cc3C2=O)cc1. The van der Waals surface area contributed by atoms with Crippen LogP contribution in [0, 0.1) is 5.82 Å². The minimum absolute atomic E-state index is 0.0142. The summed E-state index contributed by atoms with van der Waals surface area (Å²) >= 11 is 0. The number of nitrogens with one attached hydrogen (secondary N) is 2. The summed E-state index contributed by atoms with van der Waals surface area (Å²) < 4.78 is 18.6. The molecule has 0 fully saturated rings. The van der Waals surface area contributed by atoms with Crippen molar-refractivity contribution in [3.63, 3.8) is 0 Å². The number of ether oxygens (including phenoxy) is 1. The number of nitrogens with zero attached hydrogens (tertiary/aromatic N) is 1. The summed E-state index contributed by atoms with van der Waals surface area (Å²) in [5.74, 6) is -3.41. The van der Waals surface area contributed by atoms with E-state index in [0.717, 1.165) is 4.90 Å². The number of fused-ring (bicyclic) bond motifs is 1. The van der Waals surface area contributed by atoms with E-state index in [1.807, 2.05) is 0 Å². The molecule has 36 heavy (non-hydrogen) atoms. The molecule has 0 saturated carbocycles. The minimum atomic E-state index is -0.864. The molecule has 4 amide bonds. The highest BCUT2D eigenvalue weighted by molar-refractivity contribution is 6.34. The Balaban J connectivity index is 1.40. The third-order valence-electron chi connectivity index (χ3n) is 5.34. The van der Waals surface area contributed by atoms with Gasteiger partial charge in [0.2, 0.25) is 5.91 Å². The molecule has 3 aromatic rings. The van der Waals surface area contributed by atoms with Crippen molar-refractivity contribution < 1.29 is 33.1 Å². The van der Waals surface area contributed by atoms with Gasteiger partial charge in [-0.2, -0.15) is 0 Å². The molecule has 2 N–H and O–H groups in total. The molecule has 182 valence electrons. The Morgan fingerprint density at radius 3 is 2.31 bits per heavy atom. The summed E-state index contributed by atoms with van der Waals surface area (Å²) in [7, 11) is 0. The van der Waals surface area contributed by atoms with Crippen LogP contribution >= 0.6 is 0 Å². The Morgan fingerprint density at radius 2 is 1.61 bits per heavy atom. The van der Waals surface area contributed by atoms with Crippen LogP contribution in [0.2, 0.25) is 0 Å². The van der Waals surface area contributed by atoms with Crippen molar-refractivity contribution in [2.75, 3.05) is 16.8 Å². The van der Waals surface area contributed by atoms with Gasteiger partial charge in [0.15, 0.2) is 6.61 Å². The largest absolute Gasteiger partial charge is 0.452 e. The molecule has 0 saturated heterocycles. The summed E-state index contributed by atoms with van der Waals surface area (Å²) in [6.45, 7) is 0.684. The fourth-order valence-electron chi connectivity index (χ4n) is 3.60. The van der Waals surface area contributed by atoms with Crippen LogP contribution in [0.3, 0.4) is 0 Å². The van der Waals surface area contributed by atoms with E-state index in [1.54, 1.807) is 18.2 Å². The lowest BCUT2D eigenvalue weighted by Gasteiger charge is -2.14. The third kappa shape index (κ3) is 5.12. The van der Waals surface area contributed by atoms with Gasteiger partial charge in [0, 0.05) is 24.7 Å². The smallest absolute Gasteiger partial charge is 0.338 e. The van der Waals surface area contributed by atoms with Gasteiger partial charge in [0.1, 0.15) is 5.82 Å². The van der Waals surface area contributed by atoms with Crippen LogP contribution in [-0.2, 0) is 20.9 Å². The highest BCUT2D eigenvalue weighted by Crippen LogP contribution is 2.30. The van der Waals surface area contributed by atoms with Gasteiger partial charge in [-0.1, -0.05) is 18.2 Å². The van der Waals surface area contributed by atoms with Crippen LogP contribution < -0.4 is 15.5 Å². The molecule has 0 aromatic heterocycles. The molecule has 0 unspecified atom stereocenters. The lowest BCUT2D eigenvalue weighted by Crippen LogP contribution is -2.29. The molecule has 10 heteroatoms. The van der Waals surface area contributed by atoms with Gasteiger partial charge in [-0.25, -0.2) is 14.1 Å². The summed E-state index contributed by atoms with van der Waals surface area (Å²) in [6.07, 6.45) is 0. The van der Waals surface area contributed by atoms with Crippen LogP contribution in [0.5, 0.6) is 0 Å². The Hall–Kier alpha value is -4.86. The maximum atomic E-state index is 13.6. The minimum Gasteiger partial charge on any atom is -0.452 e. The fraction of sp³-hybridized carbons (Fsp3) is 0.115. The number of anilines is 2. The first kappa shape index (κ1) is 24.3. The zero-order chi connectivity index (χ0) is 25.8. The van der Waals surface area contributed by atoms with E-state index in [2.05, 4.69) is 10.6 Å². The van der Waals surface area contributed by atoms with Crippen molar-refractivity contribution >= 4 is 41.0 Å². The number of rotatable bonds is 7. The second-order valence-corrected chi connectivity index (χ2v) is 7.88. The summed E-state index contributed by atoms with van der Waals surface area (Å²) in [6, 6.07) is 16.0. The highest BCUT2D eigenvalue weighted by atomic mass is 19.1. The summed E-state index contributed by atoms with van der Waals surface area (Å²) in [5.41, 5.74) is 1.21. The van der Waals surface area contributed by atoms with Gasteiger partial charge in [0.05, 0.1) is 22.4 Å². The number of hydrogen-bond donors (Lipinski definition) is 2. The zero-order valence-corrected chi connectivity index (χ0v) is 19.0. The van der Waals surface area contributed by atoms with Crippen LogP contribution in [0.15, 0.2) is 66.7 Å². The van der Waals surface area contributed by atoms with Crippen molar-refractivity contribution in [2.24, 2.45) is 0 Å². The number of amides is 4. The molecule has 1 aliphatic rings. The first-order chi connectivity index (χ1) is 17.2. The van der Waals surface area contributed by atoms with Crippen LogP contribution in [0.25, 0.3) is 0 Å². The Kier molecular flexibility index (Phi) is 6.86. The second-order valence-electron chi connectivity index (χ2n) is 7.88. The van der Waals surface area contributed by atoms with Crippen molar-refractivity contribution in [3.8, 4) is 0 Å². The summed E-state index contributed by atoms with van der Waals surface area (Å²) in [5, 5.41) is 5.05. The van der Waals surface area contributed by atoms with Gasteiger partial charge < -0.3 is 15.4 Å². The zero-order valence-electron chi connectivity index (χ0n) is 19.0. The molecule has 0 radical (unpaired) electrons. The Morgan fingerprint density at radius 1 is 0.917 bits per heavy atom. The molecule has 0 spiro atoms. The molecular weight excluding hydrogens is 469 g/mol. The number of carbonyl (C=O) groups is 5. The molecule has 9 nitrogen and oxygen atoms in total. The molecular formula is C26H20FN3O6. The highest BCUT2D eigenvalue weighted by Gasteiger charge is 2.37. The third-order valence-corrected chi connectivity index (χ3v) is 5.34. The second kappa shape index (κ2) is 10.2. The maximum absolute atomic E-state index is 13.6. The van der Waals surface area contributed by atoms with Gasteiger partial charge in [-0.05, 0) is 48.5 Å². The van der Waals surface area contributed by atoms with Crippen molar-refractivity contribution in [2.45, 2.75) is 13.5 Å². The normalized spacial score (nSPS) is 12.2. The first-order valence-corrected chi connectivity index (χ1v) is 10.8. The predicted molar refractivity (Wildman–Crippen MR) is 127 cm³/mol. The number of benzene rings is 3. The average Bonchev–Trinajstić information content (AvgIpc) is 3.11. The van der Waals surface area contributed by atoms with Gasteiger partial charge in [0.25, 0.3) is 17.7 Å². The quantitative estimate of drug-likeness (QED) is 0.389. The van der Waals surface area contributed by atoms with E-state index in [4.69, 9.17) is 4.74 Å². The number of hydrogen-bond acceptors (Lipinski definition) is 6. The van der Waals surface area contributed by atoms with Gasteiger partial charge in [-0.3, -0.25) is 19.2 Å². The number of carbonyl (C=O) groups excluding carboxylic acids is 5. The van der Waals surface area contributed by atoms with Crippen LogP contribution in [-0.4, -0.2) is 36.2 Å². The molecule has 1 heterocycles. The van der Waals surface area contributed by atoms with E-state index in [-0.39, 0.29) is 34.7 Å². The number of esters is 1. The van der Waals surface area contributed by atoms with E-state index in [9.17, 15) is 28.4 Å². The first-order valence-electron chi connectivity index (χ1n) is 10.8. The van der Waals surface area contributed by atoms with Gasteiger partial charge >= 0.3 is 5.97 Å². The maximum Gasteiger partial charge on any atom is 0.338 e. The molecule has 3 aromatic carbocycles. The molecule has 0 bridgehead atoms. The van der Waals surface area contributed by atoms with E-state index in [1.165, 1.54) is 55.5 Å². The van der Waals surface area contributed by atoms with Crippen molar-refractivity contribution in [1.82, 2.24) is 5.32 Å². The number of imide groups is 1. The number of halogens is 1. The monoisotopic (exact) mass is 489 g/mol. The topological polar surface area (TPSA) is 122 Å². The summed E-state index contributed by atoms with van der Waals surface area (Å²) in [4.78, 5) is 62.3. The molecule has 0 aliphatic carbocycles. The molecule has 4 rings (SSSR count). The van der Waals surface area contributed by atoms with E-state index >= 15 is 0 Å². The molecule has 0 atom stereocenters. The van der Waals surface area contributed by atoms with Gasteiger partial charge in [-0.15, -0.1) is 0 Å². The van der Waals surface area contributed by atoms with Crippen molar-refractivity contribution in [3.05, 3.63) is 94.8 Å². The Labute approximate surface area is 204 Å². The van der Waals surface area contributed by atoms with Crippen LogP contribution in [0.1, 0.15) is 43.6 Å². The van der Waals surface area contributed by atoms with Crippen molar-refractivity contribution in [1.29, 1.82) is 0 Å². The van der Waals surface area contributed by atoms with E-state index < -0.39 is 36.1 Å². The Bertz CT molecular complexity index is 1390. The average molecular weight is 489 g/mol. The van der Waals surface area contributed by atoms with E-state index in [0.29, 0.717) is 11.4 Å².